The van der Waals surface area contributed by atoms with Gasteiger partial charge in [0.25, 0.3) is 0 Å². The molecule has 1 unspecified atom stereocenters. The van der Waals surface area contributed by atoms with Gasteiger partial charge in [0.05, 0.1) is 5.60 Å². The van der Waals surface area contributed by atoms with Crippen molar-refractivity contribution in [3.8, 4) is 0 Å². The molecule has 1 aromatic rings. The van der Waals surface area contributed by atoms with Crippen LogP contribution in [0, 0.1) is 0 Å². The molecule has 1 fully saturated rings. The molecule has 116 valence electrons. The standard InChI is InChI=1S/C18H27NO2/c1-19-17(18(20-2)8-10-21-11-9-18)13-14-6-7-15-4-3-5-16(15)12-14/h6-7,12,17,19H,3-5,8-11,13H2,1-2H3. The predicted molar refractivity (Wildman–Crippen MR) is 84.8 cm³/mol. The summed E-state index contributed by atoms with van der Waals surface area (Å²) in [5.74, 6) is 0. The lowest BCUT2D eigenvalue weighted by Gasteiger charge is -2.42. The molecule has 0 radical (unpaired) electrons. The Morgan fingerprint density at radius 3 is 2.71 bits per heavy atom. The van der Waals surface area contributed by atoms with E-state index in [2.05, 4.69) is 23.5 Å². The van der Waals surface area contributed by atoms with Crippen LogP contribution >= 0.6 is 0 Å². The van der Waals surface area contributed by atoms with Gasteiger partial charge in [0.2, 0.25) is 0 Å². The van der Waals surface area contributed by atoms with Gasteiger partial charge in [-0.2, -0.15) is 0 Å². The fourth-order valence-corrected chi connectivity index (χ4v) is 3.95. The Balaban J connectivity index is 1.77. The van der Waals surface area contributed by atoms with Gasteiger partial charge in [-0.3, -0.25) is 0 Å². The number of hydrogen-bond donors (Lipinski definition) is 1. The monoisotopic (exact) mass is 289 g/mol. The van der Waals surface area contributed by atoms with Crippen molar-refractivity contribution in [2.75, 3.05) is 27.4 Å². The van der Waals surface area contributed by atoms with Crippen molar-refractivity contribution in [2.45, 2.75) is 50.2 Å². The maximum absolute atomic E-state index is 5.95. The molecule has 3 heteroatoms. The van der Waals surface area contributed by atoms with Gasteiger partial charge in [0, 0.05) is 39.2 Å². The summed E-state index contributed by atoms with van der Waals surface area (Å²) >= 11 is 0. The van der Waals surface area contributed by atoms with E-state index in [9.17, 15) is 0 Å². The molecule has 0 aromatic heterocycles. The largest absolute Gasteiger partial charge is 0.381 e. The molecule has 0 saturated carbocycles. The fraction of sp³-hybridized carbons (Fsp3) is 0.667. The van der Waals surface area contributed by atoms with Crippen LogP contribution in [0.5, 0.6) is 0 Å². The lowest BCUT2D eigenvalue weighted by molar-refractivity contribution is -0.109. The Hall–Kier alpha value is -0.900. The van der Waals surface area contributed by atoms with Gasteiger partial charge in [-0.25, -0.2) is 0 Å². The number of rotatable bonds is 5. The van der Waals surface area contributed by atoms with Gasteiger partial charge < -0.3 is 14.8 Å². The number of nitrogens with one attached hydrogen (secondary N) is 1. The quantitative estimate of drug-likeness (QED) is 0.903. The molecule has 2 aliphatic rings. The van der Waals surface area contributed by atoms with Gasteiger partial charge in [-0.1, -0.05) is 18.2 Å². The van der Waals surface area contributed by atoms with E-state index < -0.39 is 0 Å². The molecule has 0 bridgehead atoms. The highest BCUT2D eigenvalue weighted by molar-refractivity contribution is 5.35. The molecule has 1 aliphatic carbocycles. The molecule has 21 heavy (non-hydrogen) atoms. The minimum atomic E-state index is -0.0913. The molecular weight excluding hydrogens is 262 g/mol. The minimum absolute atomic E-state index is 0.0913. The average molecular weight is 289 g/mol. The smallest absolute Gasteiger partial charge is 0.0877 e. The zero-order valence-electron chi connectivity index (χ0n) is 13.3. The first-order chi connectivity index (χ1) is 10.3. The zero-order chi connectivity index (χ0) is 14.7. The van der Waals surface area contributed by atoms with Crippen molar-refractivity contribution >= 4 is 0 Å². The molecule has 1 saturated heterocycles. The molecule has 1 atom stereocenters. The Labute approximate surface area is 128 Å². The second-order valence-corrected chi connectivity index (χ2v) is 6.38. The third-order valence-electron chi connectivity index (χ3n) is 5.33. The van der Waals surface area contributed by atoms with Crippen molar-refractivity contribution in [3.05, 3.63) is 34.9 Å². The second-order valence-electron chi connectivity index (χ2n) is 6.38. The van der Waals surface area contributed by atoms with E-state index in [1.165, 1.54) is 24.8 Å². The van der Waals surface area contributed by atoms with E-state index in [1.54, 1.807) is 11.1 Å². The third kappa shape index (κ3) is 3.01. The van der Waals surface area contributed by atoms with E-state index in [1.807, 2.05) is 14.2 Å². The van der Waals surface area contributed by atoms with E-state index in [-0.39, 0.29) is 5.60 Å². The highest BCUT2D eigenvalue weighted by atomic mass is 16.5. The third-order valence-corrected chi connectivity index (χ3v) is 5.33. The van der Waals surface area contributed by atoms with Crippen LogP contribution in [0.15, 0.2) is 18.2 Å². The Morgan fingerprint density at radius 2 is 2.00 bits per heavy atom. The van der Waals surface area contributed by atoms with E-state index in [0.717, 1.165) is 32.5 Å². The topological polar surface area (TPSA) is 30.5 Å². The Bertz CT molecular complexity index is 480. The van der Waals surface area contributed by atoms with E-state index >= 15 is 0 Å². The van der Waals surface area contributed by atoms with Crippen LogP contribution in [0.4, 0.5) is 0 Å². The summed E-state index contributed by atoms with van der Waals surface area (Å²) in [7, 11) is 3.90. The van der Waals surface area contributed by atoms with Crippen LogP contribution in [-0.4, -0.2) is 39.0 Å². The summed E-state index contributed by atoms with van der Waals surface area (Å²) in [6, 6.07) is 7.38. The van der Waals surface area contributed by atoms with Crippen molar-refractivity contribution in [3.63, 3.8) is 0 Å². The maximum Gasteiger partial charge on any atom is 0.0877 e. The molecule has 1 heterocycles. The highest BCUT2D eigenvalue weighted by Gasteiger charge is 2.39. The number of ether oxygens (including phenoxy) is 2. The first-order valence-corrected chi connectivity index (χ1v) is 8.18. The number of benzene rings is 1. The highest BCUT2D eigenvalue weighted by Crippen LogP contribution is 2.31. The summed E-state index contributed by atoms with van der Waals surface area (Å²) in [4.78, 5) is 0. The molecular formula is C18H27NO2. The number of fused-ring (bicyclic) bond motifs is 1. The van der Waals surface area contributed by atoms with Gasteiger partial charge >= 0.3 is 0 Å². The molecule has 3 nitrogen and oxygen atoms in total. The molecule has 0 amide bonds. The summed E-state index contributed by atoms with van der Waals surface area (Å²) in [6.07, 6.45) is 6.78. The first kappa shape index (κ1) is 15.0. The molecule has 1 aromatic carbocycles. The minimum Gasteiger partial charge on any atom is -0.381 e. The zero-order valence-corrected chi connectivity index (χ0v) is 13.3. The summed E-state index contributed by atoms with van der Waals surface area (Å²) in [6.45, 7) is 1.60. The van der Waals surface area contributed by atoms with Gasteiger partial charge in [0.1, 0.15) is 0 Å². The normalized spacial score (nSPS) is 22.0. The van der Waals surface area contributed by atoms with Crippen molar-refractivity contribution in [1.29, 1.82) is 0 Å². The van der Waals surface area contributed by atoms with Crippen LogP contribution in [0.1, 0.15) is 36.0 Å². The summed E-state index contributed by atoms with van der Waals surface area (Å²) < 4.78 is 11.5. The molecule has 0 spiro atoms. The molecule has 3 rings (SSSR count). The van der Waals surface area contributed by atoms with Crippen LogP contribution < -0.4 is 5.32 Å². The van der Waals surface area contributed by atoms with Gasteiger partial charge in [-0.15, -0.1) is 0 Å². The lowest BCUT2D eigenvalue weighted by atomic mass is 9.82. The van der Waals surface area contributed by atoms with Gasteiger partial charge in [-0.05, 0) is 49.4 Å². The lowest BCUT2D eigenvalue weighted by Crippen LogP contribution is -2.55. The SMILES string of the molecule is CNC(Cc1ccc2c(c1)CCC2)C1(OC)CCOCC1. The van der Waals surface area contributed by atoms with Gasteiger partial charge in [0.15, 0.2) is 0 Å². The predicted octanol–water partition coefficient (Wildman–Crippen LogP) is 2.50. The number of hydrogen-bond acceptors (Lipinski definition) is 3. The maximum atomic E-state index is 5.95. The fourth-order valence-electron chi connectivity index (χ4n) is 3.95. The second kappa shape index (κ2) is 6.47. The number of likely N-dealkylation sites (N-methyl/N-ethyl adjacent to an activating group) is 1. The Kier molecular flexibility index (Phi) is 4.63. The first-order valence-electron chi connectivity index (χ1n) is 8.18. The van der Waals surface area contributed by atoms with Crippen molar-refractivity contribution in [1.82, 2.24) is 5.32 Å². The summed E-state index contributed by atoms with van der Waals surface area (Å²) in [5, 5.41) is 3.50. The van der Waals surface area contributed by atoms with E-state index in [0.29, 0.717) is 6.04 Å². The molecule has 1 aliphatic heterocycles. The Morgan fingerprint density at radius 1 is 1.24 bits per heavy atom. The van der Waals surface area contributed by atoms with Crippen LogP contribution in [0.25, 0.3) is 0 Å². The van der Waals surface area contributed by atoms with E-state index in [4.69, 9.17) is 9.47 Å². The van der Waals surface area contributed by atoms with Crippen molar-refractivity contribution in [2.24, 2.45) is 0 Å². The number of aryl methyl sites for hydroxylation is 2. The number of methoxy groups -OCH3 is 1. The molecule has 1 N–H and O–H groups in total. The summed E-state index contributed by atoms with van der Waals surface area (Å²) in [5.41, 5.74) is 4.44. The average Bonchev–Trinajstić information content (AvgIpc) is 3.01. The van der Waals surface area contributed by atoms with Crippen molar-refractivity contribution < 1.29 is 9.47 Å². The van der Waals surface area contributed by atoms with Crippen LogP contribution in [0.3, 0.4) is 0 Å². The van der Waals surface area contributed by atoms with Crippen LogP contribution in [0.2, 0.25) is 0 Å². The van der Waals surface area contributed by atoms with Crippen LogP contribution in [-0.2, 0) is 28.7 Å².